The van der Waals surface area contributed by atoms with Crippen molar-refractivity contribution in [3.05, 3.63) is 83.7 Å². The maximum Gasteiger partial charge on any atom is 0.268 e. The Kier molecular flexibility index (Phi) is 4.83. The second-order valence-corrected chi connectivity index (χ2v) is 8.83. The molecule has 1 aliphatic rings. The van der Waals surface area contributed by atoms with Crippen molar-refractivity contribution in [3.8, 4) is 11.1 Å². The van der Waals surface area contributed by atoms with E-state index in [4.69, 9.17) is 0 Å². The van der Waals surface area contributed by atoms with Gasteiger partial charge in [-0.3, -0.25) is 14.4 Å². The number of carbonyl (C=O) groups is 3. The van der Waals surface area contributed by atoms with E-state index in [1.54, 1.807) is 42.5 Å². The van der Waals surface area contributed by atoms with E-state index in [1.165, 1.54) is 31.3 Å². The second-order valence-electron chi connectivity index (χ2n) is 7.02. The molecular formula is C23H17NO5S. The number of Topliss-reactive ketones (excluding diaryl/α,β-unsaturated/α-hetero) is 2. The predicted octanol–water partition coefficient (Wildman–Crippen LogP) is 3.30. The molecular weight excluding hydrogens is 402 g/mol. The zero-order valence-electron chi connectivity index (χ0n) is 16.0. The molecule has 0 spiro atoms. The first kappa shape index (κ1) is 19.7. The highest BCUT2D eigenvalue weighted by atomic mass is 32.2. The minimum absolute atomic E-state index is 0.0196. The fraction of sp³-hybridized carbons (Fsp3) is 0.0870. The standard InChI is InChI=1S/C23H17NO5S/c1-15(25)13-16-7-9-17(10-8-16)19-14-24(20-11-12-21(26)23(27)22(19)20)30(28,29)18-5-3-2-4-6-18/h2-12,14H,13H2,1H3. The summed E-state index contributed by atoms with van der Waals surface area (Å²) in [6.45, 7) is 1.50. The van der Waals surface area contributed by atoms with Crippen LogP contribution >= 0.6 is 0 Å². The van der Waals surface area contributed by atoms with Gasteiger partial charge in [0.2, 0.25) is 11.6 Å². The van der Waals surface area contributed by atoms with E-state index in [2.05, 4.69) is 0 Å². The van der Waals surface area contributed by atoms with Gasteiger partial charge in [0.05, 0.1) is 16.2 Å². The minimum Gasteiger partial charge on any atom is -0.300 e. The number of hydrogen-bond acceptors (Lipinski definition) is 5. The highest BCUT2D eigenvalue weighted by Crippen LogP contribution is 2.34. The van der Waals surface area contributed by atoms with Gasteiger partial charge in [0.1, 0.15) is 5.78 Å². The van der Waals surface area contributed by atoms with Gasteiger partial charge in [-0.05, 0) is 42.3 Å². The molecule has 0 bridgehead atoms. The molecule has 0 radical (unpaired) electrons. The van der Waals surface area contributed by atoms with Crippen molar-refractivity contribution < 1.29 is 22.8 Å². The fourth-order valence-corrected chi connectivity index (χ4v) is 4.85. The molecule has 0 fully saturated rings. The molecule has 0 saturated heterocycles. The SMILES string of the molecule is CC(=O)Cc1ccc(-c2cn(S(=O)(=O)c3ccccc3)c3c2C(=O)C(=O)C=C3)cc1. The van der Waals surface area contributed by atoms with E-state index < -0.39 is 21.6 Å². The zero-order valence-corrected chi connectivity index (χ0v) is 16.8. The molecule has 3 aromatic rings. The van der Waals surface area contributed by atoms with E-state index in [1.807, 2.05) is 0 Å². The quantitative estimate of drug-likeness (QED) is 0.592. The van der Waals surface area contributed by atoms with Gasteiger partial charge in [0.25, 0.3) is 10.0 Å². The monoisotopic (exact) mass is 419 g/mol. The smallest absolute Gasteiger partial charge is 0.268 e. The van der Waals surface area contributed by atoms with Crippen molar-refractivity contribution in [2.24, 2.45) is 0 Å². The van der Waals surface area contributed by atoms with Crippen LogP contribution in [-0.4, -0.2) is 29.7 Å². The molecule has 0 N–H and O–H groups in total. The van der Waals surface area contributed by atoms with E-state index in [9.17, 15) is 22.8 Å². The van der Waals surface area contributed by atoms with Crippen LogP contribution in [0.25, 0.3) is 17.2 Å². The summed E-state index contributed by atoms with van der Waals surface area (Å²) in [6.07, 6.45) is 4.09. The number of carbonyl (C=O) groups excluding carboxylic acids is 3. The third-order valence-corrected chi connectivity index (χ3v) is 6.56. The Morgan fingerprint density at radius 2 is 1.60 bits per heavy atom. The molecule has 4 rings (SSSR count). The van der Waals surface area contributed by atoms with Crippen LogP contribution in [0.3, 0.4) is 0 Å². The van der Waals surface area contributed by atoms with Gasteiger partial charge < -0.3 is 0 Å². The third-order valence-electron chi connectivity index (χ3n) is 4.87. The van der Waals surface area contributed by atoms with E-state index in [-0.39, 0.29) is 28.4 Å². The van der Waals surface area contributed by atoms with Gasteiger partial charge in [-0.2, -0.15) is 0 Å². The summed E-state index contributed by atoms with van der Waals surface area (Å²) in [7, 11) is -3.98. The van der Waals surface area contributed by atoms with Crippen molar-refractivity contribution in [3.63, 3.8) is 0 Å². The first-order valence-electron chi connectivity index (χ1n) is 9.20. The average Bonchev–Trinajstić information content (AvgIpc) is 3.13. The van der Waals surface area contributed by atoms with Gasteiger partial charge in [0.15, 0.2) is 0 Å². The van der Waals surface area contributed by atoms with Crippen LogP contribution in [0.15, 0.2) is 71.8 Å². The summed E-state index contributed by atoms with van der Waals surface area (Å²) in [5, 5.41) is 0. The molecule has 7 heteroatoms. The fourth-order valence-electron chi connectivity index (χ4n) is 3.46. The van der Waals surface area contributed by atoms with Gasteiger partial charge in [-0.1, -0.05) is 42.5 Å². The number of ketones is 3. The molecule has 0 saturated carbocycles. The average molecular weight is 419 g/mol. The lowest BCUT2D eigenvalue weighted by molar-refractivity contribution is -0.116. The number of benzene rings is 2. The predicted molar refractivity (Wildman–Crippen MR) is 112 cm³/mol. The highest BCUT2D eigenvalue weighted by molar-refractivity contribution is 7.90. The van der Waals surface area contributed by atoms with Crippen LogP contribution in [0, 0.1) is 0 Å². The second kappa shape index (κ2) is 7.35. The van der Waals surface area contributed by atoms with E-state index >= 15 is 0 Å². The lowest BCUT2D eigenvalue weighted by atomic mass is 9.94. The molecule has 2 aromatic carbocycles. The van der Waals surface area contributed by atoms with Crippen molar-refractivity contribution in [1.82, 2.24) is 3.97 Å². The summed E-state index contributed by atoms with van der Waals surface area (Å²) in [5.74, 6) is -1.43. The van der Waals surface area contributed by atoms with Crippen LogP contribution in [-0.2, 0) is 26.0 Å². The van der Waals surface area contributed by atoms with Crippen LogP contribution in [0.5, 0.6) is 0 Å². The molecule has 0 atom stereocenters. The summed E-state index contributed by atoms with van der Waals surface area (Å²) >= 11 is 0. The number of allylic oxidation sites excluding steroid dienone is 1. The van der Waals surface area contributed by atoms with Gasteiger partial charge in [0, 0.05) is 18.2 Å². The summed E-state index contributed by atoms with van der Waals surface area (Å²) < 4.78 is 27.5. The molecule has 6 nitrogen and oxygen atoms in total. The lowest BCUT2D eigenvalue weighted by Gasteiger charge is -2.11. The largest absolute Gasteiger partial charge is 0.300 e. The first-order valence-corrected chi connectivity index (χ1v) is 10.6. The number of fused-ring (bicyclic) bond motifs is 1. The molecule has 1 heterocycles. The number of rotatable bonds is 5. The van der Waals surface area contributed by atoms with E-state index in [0.717, 1.165) is 15.6 Å². The van der Waals surface area contributed by atoms with Crippen molar-refractivity contribution in [2.75, 3.05) is 0 Å². The van der Waals surface area contributed by atoms with Crippen molar-refractivity contribution in [2.45, 2.75) is 18.2 Å². The molecule has 0 amide bonds. The Morgan fingerprint density at radius 3 is 2.23 bits per heavy atom. The van der Waals surface area contributed by atoms with E-state index in [0.29, 0.717) is 11.1 Å². The van der Waals surface area contributed by atoms with Gasteiger partial charge >= 0.3 is 0 Å². The molecule has 0 aliphatic heterocycles. The Bertz CT molecular complexity index is 1310. The highest BCUT2D eigenvalue weighted by Gasteiger charge is 2.32. The number of hydrogen-bond donors (Lipinski definition) is 0. The Hall–Kier alpha value is -3.58. The molecule has 0 unspecified atom stereocenters. The van der Waals surface area contributed by atoms with Crippen LogP contribution < -0.4 is 0 Å². The van der Waals surface area contributed by atoms with Crippen LogP contribution in [0.1, 0.15) is 28.5 Å². The number of aromatic nitrogens is 1. The van der Waals surface area contributed by atoms with Crippen molar-refractivity contribution in [1.29, 1.82) is 0 Å². The minimum atomic E-state index is -3.98. The lowest BCUT2D eigenvalue weighted by Crippen LogP contribution is -2.19. The molecule has 150 valence electrons. The zero-order chi connectivity index (χ0) is 21.5. The topological polar surface area (TPSA) is 90.3 Å². The maximum atomic E-state index is 13.2. The third kappa shape index (κ3) is 3.33. The normalized spacial score (nSPS) is 13.4. The molecule has 1 aromatic heterocycles. The van der Waals surface area contributed by atoms with Gasteiger partial charge in [-0.25, -0.2) is 12.4 Å². The maximum absolute atomic E-state index is 13.2. The first-order chi connectivity index (χ1) is 14.3. The van der Waals surface area contributed by atoms with Crippen molar-refractivity contribution >= 4 is 33.4 Å². The Labute approximate surface area is 173 Å². The van der Waals surface area contributed by atoms with Gasteiger partial charge in [-0.15, -0.1) is 0 Å². The van der Waals surface area contributed by atoms with Crippen LogP contribution in [0.2, 0.25) is 0 Å². The summed E-state index contributed by atoms with van der Waals surface area (Å²) in [4.78, 5) is 36.1. The Morgan fingerprint density at radius 1 is 0.933 bits per heavy atom. The summed E-state index contributed by atoms with van der Waals surface area (Å²) in [5.41, 5.74) is 1.94. The molecule has 1 aliphatic carbocycles. The number of nitrogens with zero attached hydrogens (tertiary/aromatic N) is 1. The van der Waals surface area contributed by atoms with Crippen LogP contribution in [0.4, 0.5) is 0 Å². The Balaban J connectivity index is 1.91. The summed E-state index contributed by atoms with van der Waals surface area (Å²) in [6, 6.07) is 14.8. The molecule has 30 heavy (non-hydrogen) atoms.